The lowest BCUT2D eigenvalue weighted by molar-refractivity contribution is 1.16. The van der Waals surface area contributed by atoms with Gasteiger partial charge >= 0.3 is 0 Å². The minimum atomic E-state index is 0.189. The molecular weight excluding hydrogens is 496 g/mol. The number of rotatable bonds is 2. The van der Waals surface area contributed by atoms with Crippen molar-refractivity contribution in [1.82, 2.24) is 0 Å². The Morgan fingerprint density at radius 2 is 1.76 bits per heavy atom. The Kier molecular flexibility index (Phi) is 4.92. The van der Waals surface area contributed by atoms with Gasteiger partial charge in [-0.1, -0.05) is 49.6 Å². The zero-order valence-electron chi connectivity index (χ0n) is 8.81. The maximum absolute atomic E-state index is 3.77. The van der Waals surface area contributed by atoms with Crippen molar-refractivity contribution in [2.24, 2.45) is 0 Å². The number of halogens is 4. The Balaban J connectivity index is 2.46. The molecule has 1 heterocycles. The van der Waals surface area contributed by atoms with Crippen LogP contribution in [-0.2, 0) is 0 Å². The Labute approximate surface area is 138 Å². The molecule has 0 spiro atoms. The van der Waals surface area contributed by atoms with Crippen LogP contribution >= 0.6 is 75.1 Å². The lowest BCUT2D eigenvalue weighted by Gasteiger charge is -2.12. The molecule has 0 saturated carbocycles. The molecule has 0 bridgehead atoms. The van der Waals surface area contributed by atoms with E-state index >= 15 is 0 Å². The highest BCUT2D eigenvalue weighted by Crippen LogP contribution is 2.43. The Morgan fingerprint density at radius 3 is 2.35 bits per heavy atom. The molecule has 2 rings (SSSR count). The third kappa shape index (κ3) is 3.24. The van der Waals surface area contributed by atoms with Crippen LogP contribution in [0, 0.1) is 6.92 Å². The lowest BCUT2D eigenvalue weighted by atomic mass is 10.1. The molecule has 2 aromatic rings. The average Bonchev–Trinajstić information content (AvgIpc) is 2.60. The molecule has 90 valence electrons. The number of hydrogen-bond donors (Lipinski definition) is 0. The highest BCUT2D eigenvalue weighted by Gasteiger charge is 2.18. The van der Waals surface area contributed by atoms with Crippen LogP contribution < -0.4 is 0 Å². The van der Waals surface area contributed by atoms with Crippen LogP contribution in [0.15, 0.2) is 36.3 Å². The van der Waals surface area contributed by atoms with Crippen LogP contribution in [0.2, 0.25) is 0 Å². The van der Waals surface area contributed by atoms with Gasteiger partial charge in [0.05, 0.1) is 12.4 Å². The molecule has 1 atom stereocenters. The summed E-state index contributed by atoms with van der Waals surface area (Å²) in [5.41, 5.74) is 3.75. The first-order valence-corrected chi connectivity index (χ1v) is 8.95. The third-order valence-electron chi connectivity index (χ3n) is 2.38. The monoisotopic (exact) mass is 500 g/mol. The van der Waals surface area contributed by atoms with Crippen molar-refractivity contribution in [3.63, 3.8) is 0 Å². The molecule has 0 aliphatic rings. The van der Waals surface area contributed by atoms with E-state index < -0.39 is 0 Å². The van der Waals surface area contributed by atoms with E-state index in [1.165, 1.54) is 16.7 Å². The quantitative estimate of drug-likeness (QED) is 0.394. The van der Waals surface area contributed by atoms with Gasteiger partial charge in [0.2, 0.25) is 0 Å². The van der Waals surface area contributed by atoms with E-state index in [9.17, 15) is 0 Å². The molecule has 0 nitrogen and oxygen atoms in total. The van der Waals surface area contributed by atoms with Gasteiger partial charge in [-0.2, -0.15) is 0 Å². The molecule has 0 N–H and O–H groups in total. The van der Waals surface area contributed by atoms with Gasteiger partial charge in [0.1, 0.15) is 0 Å². The molecule has 0 saturated heterocycles. The highest BCUT2D eigenvalue weighted by atomic mass is 79.9. The van der Waals surface area contributed by atoms with Gasteiger partial charge in [0.15, 0.2) is 0 Å². The van der Waals surface area contributed by atoms with Crippen molar-refractivity contribution in [2.75, 3.05) is 0 Å². The van der Waals surface area contributed by atoms with Crippen LogP contribution in [-0.4, -0.2) is 0 Å². The molecule has 0 amide bonds. The minimum Gasteiger partial charge on any atom is -0.121 e. The molecule has 0 fully saturated rings. The summed E-state index contributed by atoms with van der Waals surface area (Å²) in [7, 11) is 0. The first kappa shape index (κ1) is 14.3. The number of aryl methyl sites for hydroxylation is 1. The summed E-state index contributed by atoms with van der Waals surface area (Å²) >= 11 is 16.2. The first-order chi connectivity index (χ1) is 7.99. The van der Waals surface area contributed by atoms with Crippen LogP contribution in [0.5, 0.6) is 0 Å². The van der Waals surface area contributed by atoms with Crippen molar-refractivity contribution in [2.45, 2.75) is 11.8 Å². The molecule has 17 heavy (non-hydrogen) atoms. The van der Waals surface area contributed by atoms with Crippen LogP contribution in [0.3, 0.4) is 0 Å². The second-order valence-electron chi connectivity index (χ2n) is 3.67. The summed E-state index contributed by atoms with van der Waals surface area (Å²) in [6.45, 7) is 2.11. The maximum Gasteiger partial charge on any atom is 0.0757 e. The second-order valence-corrected chi connectivity index (χ2v) is 9.19. The van der Waals surface area contributed by atoms with E-state index in [1.54, 1.807) is 11.3 Å². The van der Waals surface area contributed by atoms with E-state index in [1.807, 2.05) is 0 Å². The Morgan fingerprint density at radius 1 is 1.06 bits per heavy atom. The van der Waals surface area contributed by atoms with E-state index in [4.69, 9.17) is 0 Å². The van der Waals surface area contributed by atoms with Gasteiger partial charge in [0, 0.05) is 4.47 Å². The first-order valence-electron chi connectivity index (χ1n) is 4.84. The molecule has 1 unspecified atom stereocenters. The Hall–Kier alpha value is 0.840. The van der Waals surface area contributed by atoms with Crippen LogP contribution in [0.25, 0.3) is 0 Å². The third-order valence-corrected chi connectivity index (χ3v) is 6.48. The molecule has 5 heteroatoms. The fourth-order valence-corrected chi connectivity index (χ4v) is 6.43. The van der Waals surface area contributed by atoms with Crippen LogP contribution in [0.4, 0.5) is 0 Å². The summed E-state index contributed by atoms with van der Waals surface area (Å²) in [5, 5.41) is 0. The smallest absolute Gasteiger partial charge is 0.0757 e. The predicted molar refractivity (Wildman–Crippen MR) is 89.4 cm³/mol. The fraction of sp³-hybridized carbons (Fsp3) is 0.167. The van der Waals surface area contributed by atoms with Crippen molar-refractivity contribution < 1.29 is 0 Å². The van der Waals surface area contributed by atoms with Gasteiger partial charge in [-0.25, -0.2) is 0 Å². The molecular formula is C12H8Br4S. The topological polar surface area (TPSA) is 0 Å². The van der Waals surface area contributed by atoms with Crippen molar-refractivity contribution in [3.05, 3.63) is 53.0 Å². The van der Waals surface area contributed by atoms with Gasteiger partial charge in [-0.15, -0.1) is 11.3 Å². The lowest BCUT2D eigenvalue weighted by Crippen LogP contribution is -1.93. The number of alkyl halides is 1. The number of thiophene rings is 1. The Bertz CT molecular complexity index is 547. The molecule has 0 radical (unpaired) electrons. The van der Waals surface area contributed by atoms with Crippen LogP contribution in [0.1, 0.15) is 21.5 Å². The van der Waals surface area contributed by atoms with Crippen molar-refractivity contribution in [1.29, 1.82) is 0 Å². The predicted octanol–water partition coefficient (Wildman–Crippen LogP) is 6.83. The van der Waals surface area contributed by atoms with Gasteiger partial charge < -0.3 is 0 Å². The fourth-order valence-electron chi connectivity index (χ4n) is 1.55. The van der Waals surface area contributed by atoms with Gasteiger partial charge in [0.25, 0.3) is 0 Å². The normalized spacial score (nSPS) is 12.8. The second kappa shape index (κ2) is 5.87. The summed E-state index contributed by atoms with van der Waals surface area (Å²) in [5.74, 6) is 0. The van der Waals surface area contributed by atoms with E-state index in [-0.39, 0.29) is 4.83 Å². The zero-order chi connectivity index (χ0) is 12.6. The largest absolute Gasteiger partial charge is 0.121 e. The molecule has 0 aliphatic heterocycles. The molecule has 0 aliphatic carbocycles. The minimum absolute atomic E-state index is 0.189. The summed E-state index contributed by atoms with van der Waals surface area (Å²) in [6.07, 6.45) is 0. The van der Waals surface area contributed by atoms with Crippen molar-refractivity contribution >= 4 is 75.1 Å². The molecule has 1 aromatic carbocycles. The SMILES string of the molecule is Cc1ccc(Br)c(C(Br)c2cc(Br)sc2Br)c1. The van der Waals surface area contributed by atoms with E-state index in [2.05, 4.69) is 94.9 Å². The number of hydrogen-bond acceptors (Lipinski definition) is 1. The van der Waals surface area contributed by atoms with E-state index in [0.717, 1.165) is 12.0 Å². The van der Waals surface area contributed by atoms with Gasteiger partial charge in [-0.3, -0.25) is 0 Å². The average molecular weight is 504 g/mol. The van der Waals surface area contributed by atoms with E-state index in [0.29, 0.717) is 0 Å². The zero-order valence-corrected chi connectivity index (χ0v) is 16.0. The summed E-state index contributed by atoms with van der Waals surface area (Å²) in [4.78, 5) is 0.189. The molecule has 1 aromatic heterocycles. The highest BCUT2D eigenvalue weighted by molar-refractivity contribution is 9.12. The van der Waals surface area contributed by atoms with Crippen molar-refractivity contribution in [3.8, 4) is 0 Å². The summed E-state index contributed by atoms with van der Waals surface area (Å²) < 4.78 is 3.41. The maximum atomic E-state index is 3.77. The summed E-state index contributed by atoms with van der Waals surface area (Å²) in [6, 6.07) is 8.53. The number of benzene rings is 1. The van der Waals surface area contributed by atoms with Gasteiger partial charge in [-0.05, 0) is 62.0 Å². The standard InChI is InChI=1S/C12H8Br4S/c1-6-2-3-9(13)7(4-6)11(15)8-5-10(14)17-12(8)16/h2-5,11H,1H3.